The molecule has 1 spiro atoms. The largest absolute Gasteiger partial charge is 0.504 e. The number of hydrogen-bond acceptors (Lipinski definition) is 15. The highest BCUT2D eigenvalue weighted by Crippen LogP contribution is 2.63. The molecule has 15 heteroatoms. The minimum Gasteiger partial charge on any atom is -0.504 e. The van der Waals surface area contributed by atoms with E-state index in [0.717, 1.165) is 6.26 Å². The Bertz CT molecular complexity index is 1320. The van der Waals surface area contributed by atoms with E-state index in [-0.39, 0.29) is 28.2 Å². The summed E-state index contributed by atoms with van der Waals surface area (Å²) < 4.78 is 38.9. The lowest BCUT2D eigenvalue weighted by molar-refractivity contribution is -0.347. The molecular weight excluding hydrogens is 564 g/mol. The summed E-state index contributed by atoms with van der Waals surface area (Å²) in [4.78, 5) is 25.9. The molecule has 1 saturated carbocycles. The number of epoxide rings is 1. The molecule has 3 fully saturated rings. The summed E-state index contributed by atoms with van der Waals surface area (Å²) >= 11 is 0. The van der Waals surface area contributed by atoms with Crippen molar-refractivity contribution >= 4 is 11.9 Å². The molecule has 0 aromatic heterocycles. The normalized spacial score (nSPS) is 40.7. The van der Waals surface area contributed by atoms with E-state index in [1.807, 2.05) is 0 Å². The Hall–Kier alpha value is -3.28. The van der Waals surface area contributed by atoms with Gasteiger partial charge in [-0.2, -0.15) is 0 Å². The van der Waals surface area contributed by atoms with E-state index >= 15 is 0 Å². The van der Waals surface area contributed by atoms with Gasteiger partial charge in [0, 0.05) is 5.92 Å². The van der Waals surface area contributed by atoms with Crippen LogP contribution in [0.15, 0.2) is 41.7 Å². The number of rotatable bonds is 7. The van der Waals surface area contributed by atoms with Gasteiger partial charge in [-0.3, -0.25) is 0 Å². The molecule has 5 aliphatic rings. The maximum atomic E-state index is 13.3. The number of carbonyl (C=O) groups is 2. The number of aromatic hydroxyl groups is 1. The van der Waals surface area contributed by atoms with Crippen molar-refractivity contribution in [2.24, 2.45) is 11.8 Å². The van der Waals surface area contributed by atoms with E-state index in [1.165, 1.54) is 38.5 Å². The van der Waals surface area contributed by atoms with Crippen molar-refractivity contribution < 1.29 is 73.4 Å². The number of fused-ring (bicyclic) bond motifs is 5. The molecule has 2 saturated heterocycles. The second kappa shape index (κ2) is 10.5. The fraction of sp³-hybridized carbons (Fsp3) is 0.556. The summed E-state index contributed by atoms with van der Waals surface area (Å²) in [7, 11) is 2.51. The molecule has 1 aliphatic carbocycles. The van der Waals surface area contributed by atoms with Crippen LogP contribution in [-0.4, -0.2) is 118 Å². The average molecular weight is 595 g/mol. The number of benzene rings is 1. The van der Waals surface area contributed by atoms with Crippen molar-refractivity contribution in [1.82, 2.24) is 0 Å². The summed E-state index contributed by atoms with van der Waals surface area (Å²) in [6, 6.07) is 4.06. The Morgan fingerprint density at radius 3 is 2.55 bits per heavy atom. The van der Waals surface area contributed by atoms with E-state index in [1.54, 1.807) is 0 Å². The van der Waals surface area contributed by atoms with Gasteiger partial charge in [0.15, 0.2) is 23.4 Å². The van der Waals surface area contributed by atoms with Gasteiger partial charge in [0.05, 0.1) is 50.3 Å². The molecule has 1 aromatic rings. The lowest BCUT2D eigenvalue weighted by atomic mass is 9.78. The van der Waals surface area contributed by atoms with Crippen LogP contribution in [0.25, 0.3) is 0 Å². The molecule has 4 heterocycles. The highest BCUT2D eigenvalue weighted by molar-refractivity contribution is 5.94. The lowest BCUT2D eigenvalue weighted by Gasteiger charge is -2.45. The minimum absolute atomic E-state index is 0.0706. The monoisotopic (exact) mass is 594 g/mol. The topological polar surface area (TPSA) is 223 Å². The first-order valence-corrected chi connectivity index (χ1v) is 13.1. The molecule has 12 atom stereocenters. The maximum Gasteiger partial charge on any atom is 0.337 e. The molecule has 0 radical (unpaired) electrons. The predicted octanol–water partition coefficient (Wildman–Crippen LogP) is -2.10. The maximum absolute atomic E-state index is 13.3. The minimum atomic E-state index is -1.76. The summed E-state index contributed by atoms with van der Waals surface area (Å²) in [5.41, 5.74) is -1.48. The molecular formula is C27H30O15. The SMILES string of the molecule is COC(=O)C1=CO[C@@H](O[C@@H]2O[C@H](CO)[C@@H](O)[C@H](O)[C@H]2O)[C@H]2[C@@H]1[C@@H]1O[C@@H]1[C@@]21C=C([C@H](O)c2ccc(O)c(OC)c2)C(=O)O1. The van der Waals surface area contributed by atoms with Crippen LogP contribution in [0, 0.1) is 11.8 Å². The highest BCUT2D eigenvalue weighted by atomic mass is 16.8. The number of hydrogen-bond donors (Lipinski definition) is 6. The van der Waals surface area contributed by atoms with Crippen molar-refractivity contribution in [1.29, 1.82) is 0 Å². The Morgan fingerprint density at radius 1 is 1.10 bits per heavy atom. The van der Waals surface area contributed by atoms with Gasteiger partial charge in [0.1, 0.15) is 36.6 Å². The number of aliphatic hydroxyl groups excluding tert-OH is 5. The van der Waals surface area contributed by atoms with Gasteiger partial charge in [-0.05, 0) is 23.8 Å². The number of esters is 2. The van der Waals surface area contributed by atoms with E-state index in [4.69, 9.17) is 33.2 Å². The van der Waals surface area contributed by atoms with Gasteiger partial charge in [-0.25, -0.2) is 9.59 Å². The third-order valence-electron chi connectivity index (χ3n) is 8.45. The Morgan fingerprint density at radius 2 is 1.86 bits per heavy atom. The predicted molar refractivity (Wildman–Crippen MR) is 132 cm³/mol. The van der Waals surface area contributed by atoms with Crippen LogP contribution < -0.4 is 4.74 Å². The lowest BCUT2D eigenvalue weighted by Crippen LogP contribution is -2.61. The fourth-order valence-corrected chi connectivity index (χ4v) is 6.31. The van der Waals surface area contributed by atoms with Crippen molar-refractivity contribution in [3.05, 3.63) is 47.2 Å². The van der Waals surface area contributed by atoms with E-state index in [0.29, 0.717) is 0 Å². The van der Waals surface area contributed by atoms with E-state index in [2.05, 4.69) is 0 Å². The van der Waals surface area contributed by atoms with Crippen LogP contribution in [0.5, 0.6) is 11.5 Å². The average Bonchev–Trinajstić information content (AvgIpc) is 3.66. The first kappa shape index (κ1) is 28.8. The summed E-state index contributed by atoms with van der Waals surface area (Å²) in [6.45, 7) is -0.694. The Kier molecular flexibility index (Phi) is 7.18. The highest BCUT2D eigenvalue weighted by Gasteiger charge is 2.78. The zero-order chi connectivity index (χ0) is 30.1. The third kappa shape index (κ3) is 4.27. The van der Waals surface area contributed by atoms with Crippen molar-refractivity contribution in [3.8, 4) is 11.5 Å². The molecule has 6 rings (SSSR count). The third-order valence-corrected chi connectivity index (χ3v) is 8.45. The van der Waals surface area contributed by atoms with Crippen LogP contribution in [0.4, 0.5) is 0 Å². The molecule has 4 aliphatic heterocycles. The fourth-order valence-electron chi connectivity index (χ4n) is 6.31. The summed E-state index contributed by atoms with van der Waals surface area (Å²) in [5.74, 6) is -3.51. The first-order chi connectivity index (χ1) is 20.1. The van der Waals surface area contributed by atoms with E-state index < -0.39 is 91.3 Å². The summed E-state index contributed by atoms with van der Waals surface area (Å²) in [5, 5.41) is 61.6. The number of carbonyl (C=O) groups excluding carboxylic acids is 2. The standard InChI is InChI=1S/C27H30O15/c1-36-13-5-9(3-4-12(13)29)17(30)10-6-27(42-24(10)35)16-15(21-22(27)40-21)11(23(34)37-2)8-38-25(16)41-26-20(33)19(32)18(31)14(7-28)39-26/h3-6,8,14-22,25-26,28-33H,7H2,1-2H3/t14-,15-,16-,17-,18-,19+,20-,21+,22+,25+,26+,27-/m1/s1. The number of phenolic OH excluding ortho intramolecular Hbond substituents is 1. The van der Waals surface area contributed by atoms with E-state index in [9.17, 15) is 40.2 Å². The van der Waals surface area contributed by atoms with Crippen LogP contribution in [0.2, 0.25) is 0 Å². The van der Waals surface area contributed by atoms with Gasteiger partial charge < -0.3 is 63.8 Å². The zero-order valence-electron chi connectivity index (χ0n) is 22.3. The Labute approximate surface area is 238 Å². The second-order valence-electron chi connectivity index (χ2n) is 10.7. The zero-order valence-corrected chi connectivity index (χ0v) is 22.3. The summed E-state index contributed by atoms with van der Waals surface area (Å²) in [6.07, 6.45) is -9.79. The van der Waals surface area contributed by atoms with Gasteiger partial charge in [0.2, 0.25) is 6.29 Å². The van der Waals surface area contributed by atoms with Gasteiger partial charge in [-0.1, -0.05) is 6.07 Å². The first-order valence-electron chi connectivity index (χ1n) is 13.1. The number of ether oxygens (including phenoxy) is 7. The van der Waals surface area contributed by atoms with Gasteiger partial charge in [-0.15, -0.1) is 0 Å². The molecule has 228 valence electrons. The second-order valence-corrected chi connectivity index (χ2v) is 10.7. The molecule has 42 heavy (non-hydrogen) atoms. The number of aliphatic hydroxyl groups is 5. The van der Waals surface area contributed by atoms with Crippen molar-refractivity contribution in [2.75, 3.05) is 20.8 Å². The van der Waals surface area contributed by atoms with Crippen LogP contribution in [-0.2, 0) is 38.0 Å². The molecule has 0 amide bonds. The van der Waals surface area contributed by atoms with Gasteiger partial charge >= 0.3 is 11.9 Å². The van der Waals surface area contributed by atoms with Gasteiger partial charge in [0.25, 0.3) is 0 Å². The molecule has 15 nitrogen and oxygen atoms in total. The molecule has 6 N–H and O–H groups in total. The molecule has 0 bridgehead atoms. The van der Waals surface area contributed by atoms with Crippen LogP contribution in [0.3, 0.4) is 0 Å². The Balaban J connectivity index is 1.37. The molecule has 1 aromatic carbocycles. The quantitative estimate of drug-likeness (QED) is 0.147. The smallest absolute Gasteiger partial charge is 0.337 e. The number of phenols is 1. The van der Waals surface area contributed by atoms with Crippen molar-refractivity contribution in [3.63, 3.8) is 0 Å². The molecule has 0 unspecified atom stereocenters. The number of methoxy groups -OCH3 is 2. The van der Waals surface area contributed by atoms with Crippen LogP contribution in [0.1, 0.15) is 11.7 Å². The van der Waals surface area contributed by atoms with Crippen molar-refractivity contribution in [2.45, 2.75) is 60.9 Å². The van der Waals surface area contributed by atoms with Crippen LogP contribution >= 0.6 is 0 Å².